The van der Waals surface area contributed by atoms with E-state index in [0.717, 1.165) is 57.7 Å². The van der Waals surface area contributed by atoms with Crippen molar-refractivity contribution in [3.8, 4) is 11.5 Å². The third-order valence-corrected chi connectivity index (χ3v) is 18.8. The molecule has 13 rings (SSSR count). The van der Waals surface area contributed by atoms with Crippen LogP contribution in [0.1, 0.15) is 180 Å². The average Bonchev–Trinajstić information content (AvgIpc) is 0.696. The Balaban J connectivity index is 0.861. The first kappa shape index (κ1) is 62.7. The molecule has 0 spiro atoms. The Hall–Kier alpha value is -10.1. The van der Waals surface area contributed by atoms with Gasteiger partial charge >= 0.3 is 29.8 Å². The molecule has 0 saturated carbocycles. The van der Waals surface area contributed by atoms with Crippen molar-refractivity contribution in [1.29, 1.82) is 0 Å². The van der Waals surface area contributed by atoms with Crippen LogP contribution in [-0.4, -0.2) is 108 Å². The Bertz CT molecular complexity index is 4910. The monoisotopic (exact) mass is 1320 g/mol. The largest absolute Gasteiger partial charge is 0.481 e. The van der Waals surface area contributed by atoms with Crippen molar-refractivity contribution in [2.45, 2.75) is 98.3 Å². The Morgan fingerprint density at radius 3 is 1.28 bits per heavy atom. The van der Waals surface area contributed by atoms with Gasteiger partial charge in [-0.1, -0.05) is 118 Å². The molecule has 17 nitrogen and oxygen atoms in total. The van der Waals surface area contributed by atoms with Crippen molar-refractivity contribution >= 4 is 156 Å². The summed E-state index contributed by atoms with van der Waals surface area (Å²) in [4.78, 5) is 129. The van der Waals surface area contributed by atoms with Gasteiger partial charge in [-0.2, -0.15) is 0 Å². The lowest BCUT2D eigenvalue weighted by Gasteiger charge is -2.29. The van der Waals surface area contributed by atoms with Gasteiger partial charge in [-0.15, -0.1) is 0 Å². The summed E-state index contributed by atoms with van der Waals surface area (Å²) < 4.78 is 30.6. The van der Waals surface area contributed by atoms with Gasteiger partial charge in [0.2, 0.25) is 0 Å². The van der Waals surface area contributed by atoms with Crippen molar-refractivity contribution in [1.82, 2.24) is 9.80 Å². The van der Waals surface area contributed by atoms with E-state index in [1.54, 1.807) is 72.8 Å². The van der Waals surface area contributed by atoms with Crippen molar-refractivity contribution in [2.75, 3.05) is 39.5 Å². The molecule has 1 N–H and O–H groups in total. The van der Waals surface area contributed by atoms with Crippen LogP contribution < -0.4 is 4.74 Å². The third kappa shape index (κ3) is 10.6. The van der Waals surface area contributed by atoms with E-state index >= 15 is 0 Å². The van der Waals surface area contributed by atoms with Gasteiger partial charge < -0.3 is 28.8 Å². The highest BCUT2D eigenvalue weighted by molar-refractivity contribution is 9.10. The number of benzene rings is 11. The maximum absolute atomic E-state index is 14.8. The number of hydrogen-bond donors (Lipinski definition) is 1. The minimum Gasteiger partial charge on any atom is -0.481 e. The van der Waals surface area contributed by atoms with Gasteiger partial charge in [0.15, 0.2) is 0 Å². The van der Waals surface area contributed by atoms with Crippen LogP contribution in [0.4, 0.5) is 0 Å². The highest BCUT2D eigenvalue weighted by Gasteiger charge is 2.38. The molecular formula is C76H65BrN2O15. The second kappa shape index (κ2) is 25.8. The highest BCUT2D eigenvalue weighted by atomic mass is 79.9. The summed E-state index contributed by atoms with van der Waals surface area (Å²) >= 11 is 3.79. The number of carbonyl (C=O) groups excluding carboxylic acids is 8. The van der Waals surface area contributed by atoms with E-state index in [1.165, 1.54) is 4.90 Å². The van der Waals surface area contributed by atoms with Gasteiger partial charge in [-0.25, -0.2) is 19.2 Å². The fraction of sp³-hybridized carbons (Fsp3) is 0.276. The summed E-state index contributed by atoms with van der Waals surface area (Å²) in [5.74, 6) is -5.07. The minimum atomic E-state index is -1.05. The van der Waals surface area contributed by atoms with E-state index in [0.29, 0.717) is 106 Å². The Kier molecular flexibility index (Phi) is 17.2. The maximum Gasteiger partial charge on any atom is 0.338 e. The van der Waals surface area contributed by atoms with E-state index in [1.807, 2.05) is 64.1 Å². The van der Waals surface area contributed by atoms with Gasteiger partial charge in [0.1, 0.15) is 11.5 Å². The molecule has 2 aliphatic heterocycles. The smallest absolute Gasteiger partial charge is 0.338 e. The van der Waals surface area contributed by atoms with Crippen LogP contribution in [0.5, 0.6) is 11.5 Å². The summed E-state index contributed by atoms with van der Waals surface area (Å²) in [7, 11) is 0. The number of amides is 4. The van der Waals surface area contributed by atoms with E-state index in [4.69, 9.17) is 23.7 Å². The number of carboxylic acid groups (broad SMARTS) is 1. The number of carboxylic acids is 1. The second-order valence-corrected chi connectivity index (χ2v) is 24.9. The number of hydrogen-bond acceptors (Lipinski definition) is 14. The Morgan fingerprint density at radius 1 is 0.394 bits per heavy atom. The molecule has 0 saturated heterocycles. The fourth-order valence-electron chi connectivity index (χ4n) is 13.6. The topological polar surface area (TPSA) is 226 Å². The molecule has 4 amide bonds. The number of fused-ring (bicyclic) bond motifs is 4. The number of esters is 4. The first-order chi connectivity index (χ1) is 45.6. The van der Waals surface area contributed by atoms with Crippen LogP contribution in [0, 0.1) is 0 Å². The third-order valence-electron chi connectivity index (χ3n) is 18.2. The number of imide groups is 2. The van der Waals surface area contributed by atoms with E-state index in [9.17, 15) is 48.3 Å². The number of unbranched alkanes of at least 4 members (excludes halogenated alkanes) is 4. The number of ether oxygens (including phenoxy) is 5. The predicted octanol–water partition coefficient (Wildman–Crippen LogP) is 16.5. The molecule has 0 unspecified atom stereocenters. The first-order valence-electron chi connectivity index (χ1n) is 32.1. The first-order valence-corrected chi connectivity index (χ1v) is 32.9. The lowest BCUT2D eigenvalue weighted by molar-refractivity contribution is -0.137. The summed E-state index contributed by atoms with van der Waals surface area (Å²) in [6, 6.07) is 31.2. The fourth-order valence-corrected chi connectivity index (χ4v) is 14.2. The van der Waals surface area contributed by atoms with Gasteiger partial charge in [0.25, 0.3) is 23.6 Å². The normalized spacial score (nSPS) is 13.1. The van der Waals surface area contributed by atoms with Crippen molar-refractivity contribution in [3.63, 3.8) is 0 Å². The summed E-state index contributed by atoms with van der Waals surface area (Å²) in [5, 5.41) is 18.4. The molecule has 11 aromatic carbocycles. The maximum atomic E-state index is 14.8. The number of nitrogens with zero attached hydrogens (tertiary/aromatic N) is 2. The molecule has 0 fully saturated rings. The van der Waals surface area contributed by atoms with E-state index in [-0.39, 0.29) is 103 Å². The standard InChI is InChI=1S/C76H65BrN2O15/c1-5-9-34-90-73(86)51-28-21-44-42-19-25-48-61-49(26-20-43(59(42)61)45-22-29-52(63(51)60(44)45)74(87)91-35-10-6-2)71(84)79(70(48)83)33-31-40-15-17-41(18-16-40)94-57-39-55(76(89)93-37-12-8-4)64-53(75(88)92-36-11-7-3)30-24-46-65-56(77)38-54-62-50(27-23-47(67(62)65)66(57)68(46)64)69(82)78(72(54)85)32-13-14-58(80)81/h15-30,38-39H,5-14,31-37H2,1-4H3,(H,80,81). The van der Waals surface area contributed by atoms with Crippen LogP contribution in [0.2, 0.25) is 0 Å². The SMILES string of the molecule is CCCCOC(=O)c1ccc2c3ccc4c5c(ccc(c6ccc(C(=O)OCCCC)c1c26)c53)C(=O)N(CCc1ccc(Oc2cc(C(=O)OCCCC)c3c(C(=O)OCCCC)ccc5c6c(Br)cc7c8c(ccc(c2c35)c86)C(=O)N(CCCC(=O)O)C7=O)cc1)C4=O. The molecule has 0 atom stereocenters. The van der Waals surface area contributed by atoms with Crippen molar-refractivity contribution < 1.29 is 71.9 Å². The molecule has 18 heteroatoms. The van der Waals surface area contributed by atoms with E-state index in [2.05, 4.69) is 15.9 Å². The zero-order chi connectivity index (χ0) is 65.8. The summed E-state index contributed by atoms with van der Waals surface area (Å²) in [6.07, 6.45) is 5.80. The number of carbonyl (C=O) groups is 9. The number of halogens is 1. The molecule has 0 radical (unpaired) electrons. The van der Waals surface area contributed by atoms with Gasteiger partial charge in [-0.05, 0) is 148 Å². The van der Waals surface area contributed by atoms with Crippen LogP contribution in [0.15, 0.2) is 114 Å². The molecule has 11 aromatic rings. The second-order valence-electron chi connectivity index (χ2n) is 24.0. The van der Waals surface area contributed by atoms with Crippen LogP contribution in [-0.2, 0) is 30.2 Å². The molecular weight excluding hydrogens is 1260 g/mol. The number of rotatable bonds is 25. The number of aliphatic carboxylic acids is 1. The molecule has 94 heavy (non-hydrogen) atoms. The lowest BCUT2D eigenvalue weighted by atomic mass is 9.82. The molecule has 0 aliphatic carbocycles. The minimum absolute atomic E-state index is 0.0249. The van der Waals surface area contributed by atoms with Crippen molar-refractivity contribution in [2.24, 2.45) is 0 Å². The molecule has 0 bridgehead atoms. The molecule has 476 valence electrons. The summed E-state index contributed by atoms with van der Waals surface area (Å²) in [6.45, 7) is 8.56. The Labute approximate surface area is 547 Å². The van der Waals surface area contributed by atoms with Gasteiger partial charge in [0, 0.05) is 89.3 Å². The van der Waals surface area contributed by atoms with Gasteiger partial charge in [0.05, 0.1) is 48.7 Å². The summed E-state index contributed by atoms with van der Waals surface area (Å²) in [5.41, 5.74) is 2.57. The average molecular weight is 1330 g/mol. The van der Waals surface area contributed by atoms with Crippen LogP contribution >= 0.6 is 15.9 Å². The van der Waals surface area contributed by atoms with Gasteiger partial charge in [-0.3, -0.25) is 33.8 Å². The molecule has 2 heterocycles. The quantitative estimate of drug-likeness (QED) is 0.0140. The van der Waals surface area contributed by atoms with Crippen LogP contribution in [0.25, 0.3) is 86.2 Å². The zero-order valence-corrected chi connectivity index (χ0v) is 53.9. The highest BCUT2D eigenvalue weighted by Crippen LogP contribution is 2.52. The Morgan fingerprint density at radius 2 is 0.787 bits per heavy atom. The molecule has 2 aliphatic rings. The van der Waals surface area contributed by atoms with E-state index < -0.39 is 53.5 Å². The zero-order valence-electron chi connectivity index (χ0n) is 52.3. The predicted molar refractivity (Wildman–Crippen MR) is 362 cm³/mol. The van der Waals surface area contributed by atoms with Crippen molar-refractivity contribution in [3.05, 3.63) is 164 Å². The lowest BCUT2D eigenvalue weighted by Crippen LogP contribution is -2.41. The van der Waals surface area contributed by atoms with Crippen LogP contribution in [0.3, 0.4) is 0 Å². The molecule has 0 aromatic heterocycles.